The number of carbonyl (C=O) groups is 1. The third-order valence-electron chi connectivity index (χ3n) is 0.615. The Hall–Kier alpha value is 0.1000. The van der Waals surface area contributed by atoms with Crippen LogP contribution in [0.25, 0.3) is 0 Å². The molecule has 0 saturated carbocycles. The fraction of sp³-hybridized carbons (Fsp3) is 0. The number of aromatic carboxylic acids is 1. The van der Waals surface area contributed by atoms with Crippen LogP contribution in [0.4, 0.5) is 0 Å². The average molecular weight is 152 g/mol. The molecular weight excluding hydrogens is 149 g/mol. The van der Waals surface area contributed by atoms with E-state index in [1.54, 1.807) is 5.38 Å². The van der Waals surface area contributed by atoms with Crippen molar-refractivity contribution in [3.63, 3.8) is 0 Å². The molecule has 0 bridgehead atoms. The van der Waals surface area contributed by atoms with Crippen molar-refractivity contribution >= 4 is 17.3 Å². The summed E-state index contributed by atoms with van der Waals surface area (Å²) in [6.45, 7) is 0. The second-order valence-electron chi connectivity index (χ2n) is 1.14. The van der Waals surface area contributed by atoms with Gasteiger partial charge >= 0.3 is 35.5 Å². The van der Waals surface area contributed by atoms with Crippen LogP contribution >= 0.6 is 11.3 Å². The third-order valence-corrected chi connectivity index (χ3v) is 1.38. The van der Waals surface area contributed by atoms with Gasteiger partial charge < -0.3 is 5.11 Å². The van der Waals surface area contributed by atoms with Crippen LogP contribution in [-0.4, -0.2) is 16.1 Å². The third kappa shape index (κ3) is 2.45. The van der Waals surface area contributed by atoms with Crippen molar-refractivity contribution in [2.45, 2.75) is 0 Å². The molecule has 0 aliphatic heterocycles. The second-order valence-corrected chi connectivity index (χ2v) is 2.04. The number of carboxylic acid groups (broad SMARTS) is 1. The Kier molecular flexibility index (Phi) is 4.05. The maximum absolute atomic E-state index is 10.0. The molecule has 1 aromatic rings. The Balaban J connectivity index is 0.000000640. The van der Waals surface area contributed by atoms with Gasteiger partial charge in [-0.05, 0) is 0 Å². The molecule has 0 aliphatic carbocycles. The molecule has 0 unspecified atom stereocenters. The monoisotopic (exact) mass is 152 g/mol. The van der Waals surface area contributed by atoms with Crippen LogP contribution in [0.5, 0.6) is 0 Å². The summed E-state index contributed by atoms with van der Waals surface area (Å²) in [6.07, 6.45) is 1.47. The van der Waals surface area contributed by atoms with E-state index in [9.17, 15) is 4.79 Å². The predicted octanol–water partition coefficient (Wildman–Crippen LogP) is -2.15. The second kappa shape index (κ2) is 4.00. The first-order valence-electron chi connectivity index (χ1n) is 1.93. The van der Waals surface area contributed by atoms with Crippen molar-refractivity contribution in [1.29, 1.82) is 0 Å². The normalized spacial score (nSPS) is 8.00. The molecule has 0 saturated heterocycles. The first-order valence-corrected chi connectivity index (χ1v) is 2.81. The molecule has 1 aromatic heterocycles. The number of nitrogens with zero attached hydrogens (tertiary/aromatic N) is 1. The van der Waals surface area contributed by atoms with Gasteiger partial charge in [-0.2, -0.15) is 0 Å². The summed E-state index contributed by atoms with van der Waals surface area (Å²) in [6, 6.07) is 0. The molecule has 1 rings (SSSR count). The number of carboxylic acids is 1. The summed E-state index contributed by atoms with van der Waals surface area (Å²) < 4.78 is 0. The van der Waals surface area contributed by atoms with E-state index in [1.165, 1.54) is 6.20 Å². The van der Waals surface area contributed by atoms with Gasteiger partial charge in [0, 0.05) is 11.6 Å². The maximum Gasteiger partial charge on any atom is 1.00 e. The zero-order chi connectivity index (χ0) is 5.98. The molecule has 42 valence electrons. The van der Waals surface area contributed by atoms with E-state index in [0.29, 0.717) is 0 Å². The molecule has 3 nitrogen and oxygen atoms in total. The molecule has 9 heavy (non-hydrogen) atoms. The first kappa shape index (κ1) is 9.10. The molecule has 0 spiro atoms. The summed E-state index contributed by atoms with van der Waals surface area (Å²) in [5, 5.41) is 9.99. The van der Waals surface area contributed by atoms with Gasteiger partial charge in [0.15, 0.2) is 0 Å². The van der Waals surface area contributed by atoms with E-state index in [-0.39, 0.29) is 34.6 Å². The van der Waals surface area contributed by atoms with Gasteiger partial charge in [0.1, 0.15) is 0 Å². The van der Waals surface area contributed by atoms with E-state index in [1.807, 2.05) is 0 Å². The van der Waals surface area contributed by atoms with Gasteiger partial charge in [-0.15, -0.1) is 11.3 Å². The number of rotatable bonds is 1. The van der Waals surface area contributed by atoms with Crippen LogP contribution in [-0.2, 0) is 0 Å². The zero-order valence-electron chi connectivity index (χ0n) is 4.87. The summed E-state index contributed by atoms with van der Waals surface area (Å²) in [5.41, 5.74) is 0. The van der Waals surface area contributed by atoms with Crippen LogP contribution in [0.3, 0.4) is 0 Å². The molecule has 0 radical (unpaired) electrons. The maximum atomic E-state index is 10.0. The number of thiazole rings is 1. The van der Waals surface area contributed by atoms with Crippen LogP contribution < -0.4 is 29.6 Å². The van der Waals surface area contributed by atoms with Crippen molar-refractivity contribution in [2.24, 2.45) is 0 Å². The number of aromatic nitrogens is 1. The van der Waals surface area contributed by atoms with Crippen LogP contribution in [0.15, 0.2) is 11.6 Å². The smallest absolute Gasteiger partial charge is 0.476 e. The molecule has 0 aromatic carbocycles. The summed E-state index contributed by atoms with van der Waals surface area (Å²) in [5.74, 6) is -0.958. The fourth-order valence-corrected chi connectivity index (χ4v) is 0.802. The van der Waals surface area contributed by atoms with E-state index in [2.05, 4.69) is 4.98 Å². The van der Waals surface area contributed by atoms with E-state index in [4.69, 9.17) is 5.11 Å². The minimum absolute atomic E-state index is 0. The van der Waals surface area contributed by atoms with Crippen molar-refractivity contribution in [3.8, 4) is 0 Å². The molecule has 0 aliphatic rings. The van der Waals surface area contributed by atoms with Crippen LogP contribution in [0.2, 0.25) is 0 Å². The largest absolute Gasteiger partial charge is 1.00 e. The molecule has 1 heterocycles. The Labute approximate surface area is 78.0 Å². The zero-order valence-corrected chi connectivity index (χ0v) is 7.68. The van der Waals surface area contributed by atoms with Crippen molar-refractivity contribution in [3.05, 3.63) is 16.6 Å². The van der Waals surface area contributed by atoms with Gasteiger partial charge in [0.2, 0.25) is 5.01 Å². The van der Waals surface area contributed by atoms with E-state index < -0.39 is 5.97 Å². The van der Waals surface area contributed by atoms with E-state index >= 15 is 0 Å². The topological polar surface area (TPSA) is 50.2 Å². The number of hydrogen-bond donors (Lipinski definition) is 1. The molecule has 0 atom stereocenters. The van der Waals surface area contributed by atoms with Gasteiger partial charge in [0.25, 0.3) is 0 Å². The summed E-state index contributed by atoms with van der Waals surface area (Å²) in [7, 11) is 0. The minimum atomic E-state index is -0.958. The SMILES string of the molecule is O=C(O)c1nccs1.[Na+]. The Morgan fingerprint density at radius 1 is 1.78 bits per heavy atom. The van der Waals surface area contributed by atoms with Crippen LogP contribution in [0.1, 0.15) is 9.80 Å². The van der Waals surface area contributed by atoms with Gasteiger partial charge in [-0.3, -0.25) is 0 Å². The first-order chi connectivity index (χ1) is 3.80. The molecular formula is C4H3NNaO2S+. The van der Waals surface area contributed by atoms with Gasteiger partial charge in [-0.25, -0.2) is 9.78 Å². The van der Waals surface area contributed by atoms with Crippen molar-refractivity contribution in [2.75, 3.05) is 0 Å². The van der Waals surface area contributed by atoms with Crippen LogP contribution in [0, 0.1) is 0 Å². The number of hydrogen-bond acceptors (Lipinski definition) is 3. The quantitative estimate of drug-likeness (QED) is 0.466. The summed E-state index contributed by atoms with van der Waals surface area (Å²) >= 11 is 1.12. The average Bonchev–Trinajstić information content (AvgIpc) is 2.12. The minimum Gasteiger partial charge on any atom is -0.476 e. The predicted molar refractivity (Wildman–Crippen MR) is 29.1 cm³/mol. The Morgan fingerprint density at radius 2 is 2.44 bits per heavy atom. The van der Waals surface area contributed by atoms with Gasteiger partial charge in [0.05, 0.1) is 0 Å². The molecule has 5 heteroatoms. The molecule has 1 N–H and O–H groups in total. The fourth-order valence-electron chi connectivity index (χ4n) is 0.329. The Morgan fingerprint density at radius 3 is 2.67 bits per heavy atom. The summed E-state index contributed by atoms with van der Waals surface area (Å²) in [4.78, 5) is 13.5. The Bertz CT molecular complexity index is 186. The molecule has 0 fully saturated rings. The standard InChI is InChI=1S/C4H3NO2S.Na/c6-4(7)3-5-1-2-8-3;/h1-2H,(H,6,7);/q;+1. The molecule has 0 amide bonds. The van der Waals surface area contributed by atoms with Crippen molar-refractivity contribution < 1.29 is 39.5 Å². The van der Waals surface area contributed by atoms with E-state index in [0.717, 1.165) is 11.3 Å². The van der Waals surface area contributed by atoms with Crippen molar-refractivity contribution in [1.82, 2.24) is 4.98 Å². The van der Waals surface area contributed by atoms with Gasteiger partial charge in [-0.1, -0.05) is 0 Å².